The molecular weight excluding hydrogens is 350 g/mol. The molecular formula is C20H22F2N4O. The largest absolute Gasteiger partial charge is 0.332 e. The molecule has 0 saturated carbocycles. The molecule has 1 aromatic heterocycles. The van der Waals surface area contributed by atoms with Gasteiger partial charge in [0.25, 0.3) is 5.91 Å². The Morgan fingerprint density at radius 3 is 2.63 bits per heavy atom. The summed E-state index contributed by atoms with van der Waals surface area (Å²) in [5, 5.41) is 4.26. The molecule has 142 valence electrons. The summed E-state index contributed by atoms with van der Waals surface area (Å²) in [5.74, 6) is -1.53. The second kappa shape index (κ2) is 6.12. The smallest absolute Gasteiger partial charge is 0.274 e. The molecule has 0 unspecified atom stereocenters. The lowest BCUT2D eigenvalue weighted by atomic mass is 9.75. The van der Waals surface area contributed by atoms with Gasteiger partial charge in [0.1, 0.15) is 5.69 Å². The standard InChI is InChI=1S/C20H22F2N4O/c1-24-8-7-16(23-24)20(27)26-11-14(13-3-2-4-15(21)17(13)22)19-18(26)12-5-9-25(19)10-6-12/h2-4,7-8,12,14,18-19H,5-6,9-11H2,1H3/t14-,18-,19-/m1/s1. The maximum atomic E-state index is 14.6. The quantitative estimate of drug-likeness (QED) is 0.813. The number of hydrogen-bond acceptors (Lipinski definition) is 3. The molecule has 4 aliphatic heterocycles. The Balaban J connectivity index is 1.56. The highest BCUT2D eigenvalue weighted by Gasteiger charge is 2.55. The van der Waals surface area contributed by atoms with Gasteiger partial charge in [-0.2, -0.15) is 5.10 Å². The Labute approximate surface area is 156 Å². The van der Waals surface area contributed by atoms with E-state index in [4.69, 9.17) is 0 Å². The van der Waals surface area contributed by atoms with Gasteiger partial charge >= 0.3 is 0 Å². The maximum absolute atomic E-state index is 14.6. The lowest BCUT2D eigenvalue weighted by Gasteiger charge is -2.51. The molecule has 0 aliphatic carbocycles. The fourth-order valence-electron chi connectivity index (χ4n) is 5.41. The molecule has 4 fully saturated rings. The minimum Gasteiger partial charge on any atom is -0.332 e. The second-order valence-corrected chi connectivity index (χ2v) is 7.94. The number of rotatable bonds is 2. The van der Waals surface area contributed by atoms with E-state index in [1.54, 1.807) is 36.1 Å². The first-order chi connectivity index (χ1) is 13.0. The van der Waals surface area contributed by atoms with Crippen molar-refractivity contribution < 1.29 is 13.6 Å². The molecule has 2 bridgehead atoms. The zero-order chi connectivity index (χ0) is 18.7. The number of aromatic nitrogens is 2. The highest BCUT2D eigenvalue weighted by atomic mass is 19.2. The van der Waals surface area contributed by atoms with E-state index >= 15 is 0 Å². The molecule has 5 nitrogen and oxygen atoms in total. The lowest BCUT2D eigenvalue weighted by molar-refractivity contribution is -0.00378. The number of carbonyl (C=O) groups is 1. The summed E-state index contributed by atoms with van der Waals surface area (Å²) in [6.07, 6.45) is 3.85. The van der Waals surface area contributed by atoms with Crippen molar-refractivity contribution in [2.75, 3.05) is 19.6 Å². The van der Waals surface area contributed by atoms with E-state index < -0.39 is 11.6 Å². The molecule has 1 aromatic carbocycles. The third-order valence-corrected chi connectivity index (χ3v) is 6.57. The van der Waals surface area contributed by atoms with Gasteiger partial charge in [-0.3, -0.25) is 14.4 Å². The van der Waals surface area contributed by atoms with Crippen molar-refractivity contribution in [3.63, 3.8) is 0 Å². The number of piperidine rings is 3. The van der Waals surface area contributed by atoms with E-state index in [1.165, 1.54) is 0 Å². The van der Waals surface area contributed by atoms with Crippen molar-refractivity contribution in [3.05, 3.63) is 53.4 Å². The summed E-state index contributed by atoms with van der Waals surface area (Å²) >= 11 is 0. The van der Waals surface area contributed by atoms with Crippen molar-refractivity contribution in [2.24, 2.45) is 13.0 Å². The second-order valence-electron chi connectivity index (χ2n) is 7.94. The first-order valence-electron chi connectivity index (χ1n) is 9.53. The van der Waals surface area contributed by atoms with Crippen molar-refractivity contribution in [3.8, 4) is 0 Å². The summed E-state index contributed by atoms with van der Waals surface area (Å²) in [4.78, 5) is 17.4. The van der Waals surface area contributed by atoms with Gasteiger partial charge in [0.05, 0.1) is 6.04 Å². The molecule has 27 heavy (non-hydrogen) atoms. The Kier molecular flexibility index (Phi) is 3.82. The van der Waals surface area contributed by atoms with Gasteiger partial charge in [0.2, 0.25) is 0 Å². The topological polar surface area (TPSA) is 41.4 Å². The van der Waals surface area contributed by atoms with Crippen LogP contribution in [0.25, 0.3) is 0 Å². The third kappa shape index (κ3) is 2.51. The summed E-state index contributed by atoms with van der Waals surface area (Å²) in [6.45, 7) is 2.33. The van der Waals surface area contributed by atoms with Crippen LogP contribution in [0.1, 0.15) is 34.8 Å². The van der Waals surface area contributed by atoms with Gasteiger partial charge in [0.15, 0.2) is 11.6 Å². The zero-order valence-corrected chi connectivity index (χ0v) is 15.2. The number of nitrogens with zero attached hydrogens (tertiary/aromatic N) is 4. The van der Waals surface area contributed by atoms with Gasteiger partial charge in [0, 0.05) is 31.7 Å². The summed E-state index contributed by atoms with van der Waals surface area (Å²) in [5.41, 5.74) is 0.793. The van der Waals surface area contributed by atoms with E-state index in [2.05, 4.69) is 10.00 Å². The van der Waals surface area contributed by atoms with Crippen LogP contribution in [0.5, 0.6) is 0 Å². The third-order valence-electron chi connectivity index (χ3n) is 6.57. The van der Waals surface area contributed by atoms with Gasteiger partial charge in [-0.1, -0.05) is 12.1 Å². The van der Waals surface area contributed by atoms with Gasteiger partial charge in [-0.05, 0) is 49.5 Å². The Morgan fingerprint density at radius 2 is 1.93 bits per heavy atom. The first kappa shape index (κ1) is 16.9. The van der Waals surface area contributed by atoms with Crippen LogP contribution >= 0.6 is 0 Å². The Hall–Kier alpha value is -2.28. The van der Waals surface area contributed by atoms with Crippen LogP contribution in [-0.2, 0) is 7.05 Å². The summed E-state index contributed by atoms with van der Waals surface area (Å²) < 4.78 is 30.1. The molecule has 4 saturated heterocycles. The SMILES string of the molecule is Cn1ccc(C(=O)N2C[C@H](c3cccc(F)c3F)[C@@H]3[C@H]2C2CCN3CC2)n1. The molecule has 0 spiro atoms. The zero-order valence-electron chi connectivity index (χ0n) is 15.2. The highest BCUT2D eigenvalue weighted by molar-refractivity contribution is 5.93. The molecule has 6 rings (SSSR count). The van der Waals surface area contributed by atoms with Crippen LogP contribution in [0, 0.1) is 17.6 Å². The number of amides is 1. The molecule has 4 aliphatic rings. The summed E-state index contributed by atoms with van der Waals surface area (Å²) in [6, 6.07) is 6.17. The van der Waals surface area contributed by atoms with Gasteiger partial charge in [-0.25, -0.2) is 8.78 Å². The Morgan fingerprint density at radius 1 is 1.15 bits per heavy atom. The molecule has 0 radical (unpaired) electrons. The van der Waals surface area contributed by atoms with E-state index in [1.807, 2.05) is 4.90 Å². The maximum Gasteiger partial charge on any atom is 0.274 e. The summed E-state index contributed by atoms with van der Waals surface area (Å²) in [7, 11) is 1.78. The van der Waals surface area contributed by atoms with Crippen LogP contribution < -0.4 is 0 Å². The number of aryl methyl sites for hydroxylation is 1. The predicted molar refractivity (Wildman–Crippen MR) is 95.2 cm³/mol. The average molecular weight is 372 g/mol. The number of hydrogen-bond donors (Lipinski definition) is 0. The van der Waals surface area contributed by atoms with Crippen LogP contribution in [-0.4, -0.2) is 57.2 Å². The predicted octanol–water partition coefficient (Wildman–Crippen LogP) is 2.40. The molecule has 1 amide bonds. The number of likely N-dealkylation sites (tertiary alicyclic amines) is 1. The van der Waals surface area contributed by atoms with Gasteiger partial charge in [-0.15, -0.1) is 0 Å². The normalized spacial score (nSPS) is 32.0. The molecule has 3 atom stereocenters. The molecule has 0 N–H and O–H groups in total. The number of carbonyl (C=O) groups excluding carboxylic acids is 1. The number of fused-ring (bicyclic) bond motifs is 2. The van der Waals surface area contributed by atoms with Crippen molar-refractivity contribution >= 4 is 5.91 Å². The van der Waals surface area contributed by atoms with E-state index in [0.717, 1.165) is 32.0 Å². The van der Waals surface area contributed by atoms with Crippen LogP contribution in [0.15, 0.2) is 30.5 Å². The minimum atomic E-state index is -0.825. The number of halogens is 2. The average Bonchev–Trinajstić information content (AvgIpc) is 3.30. The lowest BCUT2D eigenvalue weighted by Crippen LogP contribution is -2.60. The van der Waals surface area contributed by atoms with E-state index in [9.17, 15) is 13.6 Å². The molecule has 7 heteroatoms. The van der Waals surface area contributed by atoms with Crippen LogP contribution in [0.2, 0.25) is 0 Å². The molecule has 2 aromatic rings. The van der Waals surface area contributed by atoms with Gasteiger partial charge < -0.3 is 4.90 Å². The first-order valence-corrected chi connectivity index (χ1v) is 9.53. The van der Waals surface area contributed by atoms with Crippen molar-refractivity contribution in [2.45, 2.75) is 30.8 Å². The molecule has 5 heterocycles. The monoisotopic (exact) mass is 372 g/mol. The fourth-order valence-corrected chi connectivity index (χ4v) is 5.41. The number of benzene rings is 1. The Bertz CT molecular complexity index is 890. The van der Waals surface area contributed by atoms with Crippen molar-refractivity contribution in [1.82, 2.24) is 19.6 Å². The van der Waals surface area contributed by atoms with E-state index in [-0.39, 0.29) is 23.9 Å². The minimum absolute atomic E-state index is 0.0367. The van der Waals surface area contributed by atoms with Crippen molar-refractivity contribution in [1.29, 1.82) is 0 Å². The fraction of sp³-hybridized carbons (Fsp3) is 0.500. The van der Waals surface area contributed by atoms with Crippen LogP contribution in [0.4, 0.5) is 8.78 Å². The van der Waals surface area contributed by atoms with E-state index in [0.29, 0.717) is 23.7 Å². The van der Waals surface area contributed by atoms with Crippen LogP contribution in [0.3, 0.4) is 0 Å². The highest BCUT2D eigenvalue weighted by Crippen LogP contribution is 2.47.